The SMILES string of the molecule is CCN/C=C(/C#N)C(=O)Nc1ccc(F)cc1. The molecule has 0 aliphatic heterocycles. The summed E-state index contributed by atoms with van der Waals surface area (Å²) in [6.07, 6.45) is 1.35. The maximum Gasteiger partial charge on any atom is 0.267 e. The van der Waals surface area contributed by atoms with Crippen LogP contribution in [0, 0.1) is 17.1 Å². The standard InChI is InChI=1S/C12H12FN3O/c1-2-15-8-9(7-14)12(17)16-11-5-3-10(13)4-6-11/h3-6,8,15H,2H2,1H3,(H,16,17)/b9-8-. The van der Waals surface area contributed by atoms with E-state index in [9.17, 15) is 9.18 Å². The number of nitrogens with one attached hydrogen (secondary N) is 2. The van der Waals surface area contributed by atoms with Gasteiger partial charge < -0.3 is 10.6 Å². The fraction of sp³-hybridized carbons (Fsp3) is 0.167. The molecule has 0 aromatic heterocycles. The van der Waals surface area contributed by atoms with Gasteiger partial charge in [-0.2, -0.15) is 5.26 Å². The lowest BCUT2D eigenvalue weighted by Gasteiger charge is -2.04. The van der Waals surface area contributed by atoms with Crippen molar-refractivity contribution in [2.75, 3.05) is 11.9 Å². The Morgan fingerprint density at radius 1 is 1.47 bits per heavy atom. The topological polar surface area (TPSA) is 64.9 Å². The minimum atomic E-state index is -0.528. The third kappa shape index (κ3) is 3.95. The van der Waals surface area contributed by atoms with Crippen LogP contribution < -0.4 is 10.6 Å². The molecule has 1 aromatic rings. The van der Waals surface area contributed by atoms with Gasteiger partial charge in [-0.25, -0.2) is 4.39 Å². The summed E-state index contributed by atoms with van der Waals surface area (Å²) < 4.78 is 12.6. The number of amides is 1. The summed E-state index contributed by atoms with van der Waals surface area (Å²) in [5, 5.41) is 14.0. The molecule has 1 rings (SSSR count). The van der Waals surface area contributed by atoms with Crippen LogP contribution in [-0.2, 0) is 4.79 Å². The number of anilines is 1. The number of nitrogens with zero attached hydrogens (tertiary/aromatic N) is 1. The highest BCUT2D eigenvalue weighted by Crippen LogP contribution is 2.09. The van der Waals surface area contributed by atoms with Crippen molar-refractivity contribution in [3.63, 3.8) is 0 Å². The average Bonchev–Trinajstić information content (AvgIpc) is 2.33. The van der Waals surface area contributed by atoms with Crippen LogP contribution in [0.3, 0.4) is 0 Å². The summed E-state index contributed by atoms with van der Waals surface area (Å²) in [6, 6.07) is 7.10. The number of carbonyl (C=O) groups excluding carboxylic acids is 1. The first-order valence-corrected chi connectivity index (χ1v) is 5.08. The minimum absolute atomic E-state index is 0.0313. The van der Waals surface area contributed by atoms with Gasteiger partial charge in [0.05, 0.1) is 0 Å². The molecule has 2 N–H and O–H groups in total. The molecule has 0 radical (unpaired) electrons. The van der Waals surface area contributed by atoms with E-state index in [-0.39, 0.29) is 11.4 Å². The number of rotatable bonds is 4. The second-order valence-corrected chi connectivity index (χ2v) is 3.19. The Hall–Kier alpha value is -2.35. The predicted molar refractivity (Wildman–Crippen MR) is 62.4 cm³/mol. The van der Waals surface area contributed by atoms with Crippen LogP contribution >= 0.6 is 0 Å². The number of benzene rings is 1. The molecule has 0 spiro atoms. The minimum Gasteiger partial charge on any atom is -0.390 e. The van der Waals surface area contributed by atoms with Gasteiger partial charge in [-0.3, -0.25) is 4.79 Å². The quantitative estimate of drug-likeness (QED) is 0.615. The van der Waals surface area contributed by atoms with E-state index < -0.39 is 5.91 Å². The van der Waals surface area contributed by atoms with Crippen molar-refractivity contribution in [3.8, 4) is 6.07 Å². The summed E-state index contributed by atoms with van der Waals surface area (Å²) in [5.41, 5.74) is 0.408. The van der Waals surface area contributed by atoms with E-state index in [1.165, 1.54) is 30.5 Å². The zero-order valence-electron chi connectivity index (χ0n) is 9.33. The monoisotopic (exact) mass is 233 g/mol. The largest absolute Gasteiger partial charge is 0.390 e. The molecule has 17 heavy (non-hydrogen) atoms. The molecule has 0 saturated carbocycles. The van der Waals surface area contributed by atoms with Crippen molar-refractivity contribution in [2.24, 2.45) is 0 Å². The smallest absolute Gasteiger partial charge is 0.267 e. The summed E-state index contributed by atoms with van der Waals surface area (Å²) in [7, 11) is 0. The molecule has 0 saturated heterocycles. The van der Waals surface area contributed by atoms with Crippen molar-refractivity contribution < 1.29 is 9.18 Å². The first-order valence-electron chi connectivity index (χ1n) is 5.08. The molecule has 1 amide bonds. The molecule has 88 valence electrons. The van der Waals surface area contributed by atoms with Crippen LogP contribution in [0.15, 0.2) is 36.0 Å². The van der Waals surface area contributed by atoms with Gasteiger partial charge in [0.1, 0.15) is 17.5 Å². The number of nitriles is 1. The molecule has 4 nitrogen and oxygen atoms in total. The van der Waals surface area contributed by atoms with Crippen molar-refractivity contribution >= 4 is 11.6 Å². The van der Waals surface area contributed by atoms with Gasteiger partial charge in [-0.1, -0.05) is 0 Å². The van der Waals surface area contributed by atoms with Crippen LogP contribution in [0.4, 0.5) is 10.1 Å². The maximum atomic E-state index is 12.6. The van der Waals surface area contributed by atoms with Crippen molar-refractivity contribution in [2.45, 2.75) is 6.92 Å². The number of hydrogen-bond donors (Lipinski definition) is 2. The highest BCUT2D eigenvalue weighted by molar-refractivity contribution is 6.06. The van der Waals surface area contributed by atoms with Gasteiger partial charge in [-0.15, -0.1) is 0 Å². The molecule has 0 unspecified atom stereocenters. The molecule has 0 heterocycles. The Balaban J connectivity index is 2.71. The summed E-state index contributed by atoms with van der Waals surface area (Å²) >= 11 is 0. The van der Waals surface area contributed by atoms with E-state index in [1.54, 1.807) is 6.07 Å². The third-order valence-electron chi connectivity index (χ3n) is 1.92. The van der Waals surface area contributed by atoms with Gasteiger partial charge in [-0.05, 0) is 31.2 Å². The van der Waals surface area contributed by atoms with Gasteiger partial charge in [0.25, 0.3) is 5.91 Å². The van der Waals surface area contributed by atoms with E-state index in [4.69, 9.17) is 5.26 Å². The van der Waals surface area contributed by atoms with Gasteiger partial charge in [0, 0.05) is 18.4 Å². The zero-order chi connectivity index (χ0) is 12.7. The first-order chi connectivity index (χ1) is 8.17. The second-order valence-electron chi connectivity index (χ2n) is 3.19. The highest BCUT2D eigenvalue weighted by Gasteiger charge is 2.08. The Morgan fingerprint density at radius 3 is 2.65 bits per heavy atom. The Morgan fingerprint density at radius 2 is 2.12 bits per heavy atom. The highest BCUT2D eigenvalue weighted by atomic mass is 19.1. The lowest BCUT2D eigenvalue weighted by Crippen LogP contribution is -2.16. The lowest BCUT2D eigenvalue weighted by molar-refractivity contribution is -0.112. The van der Waals surface area contributed by atoms with Gasteiger partial charge >= 0.3 is 0 Å². The third-order valence-corrected chi connectivity index (χ3v) is 1.92. The molecular formula is C12H12FN3O. The van der Waals surface area contributed by atoms with Crippen LogP contribution in [0.1, 0.15) is 6.92 Å². The van der Waals surface area contributed by atoms with Gasteiger partial charge in [0.2, 0.25) is 0 Å². The summed E-state index contributed by atoms with van der Waals surface area (Å²) in [4.78, 5) is 11.6. The van der Waals surface area contributed by atoms with E-state index in [1.807, 2.05) is 6.92 Å². The van der Waals surface area contributed by atoms with Gasteiger partial charge in [0.15, 0.2) is 0 Å². The second kappa shape index (κ2) is 6.28. The summed E-state index contributed by atoms with van der Waals surface area (Å²) in [5.74, 6) is -0.910. The number of carbonyl (C=O) groups is 1. The first kappa shape index (κ1) is 12.7. The van der Waals surface area contributed by atoms with Crippen LogP contribution in [0.2, 0.25) is 0 Å². The average molecular weight is 233 g/mol. The van der Waals surface area contributed by atoms with E-state index >= 15 is 0 Å². The molecule has 0 aliphatic rings. The fourth-order valence-electron chi connectivity index (χ4n) is 1.08. The van der Waals surface area contributed by atoms with Crippen LogP contribution in [-0.4, -0.2) is 12.5 Å². The van der Waals surface area contributed by atoms with Crippen molar-refractivity contribution in [3.05, 3.63) is 41.9 Å². The molecule has 0 fully saturated rings. The maximum absolute atomic E-state index is 12.6. The molecule has 5 heteroatoms. The molecule has 1 aromatic carbocycles. The molecule has 0 bridgehead atoms. The molecule has 0 aliphatic carbocycles. The zero-order valence-corrected chi connectivity index (χ0v) is 9.33. The Kier molecular flexibility index (Phi) is 4.70. The van der Waals surface area contributed by atoms with E-state index in [2.05, 4.69) is 10.6 Å². The molecule has 0 atom stereocenters. The Labute approximate surface area is 98.8 Å². The van der Waals surface area contributed by atoms with E-state index in [0.29, 0.717) is 12.2 Å². The number of halogens is 1. The number of hydrogen-bond acceptors (Lipinski definition) is 3. The van der Waals surface area contributed by atoms with E-state index in [0.717, 1.165) is 0 Å². The lowest BCUT2D eigenvalue weighted by atomic mass is 10.2. The fourth-order valence-corrected chi connectivity index (χ4v) is 1.08. The molecular weight excluding hydrogens is 221 g/mol. The summed E-state index contributed by atoms with van der Waals surface area (Å²) in [6.45, 7) is 2.47. The normalized spacial score (nSPS) is 10.5. The van der Waals surface area contributed by atoms with Crippen LogP contribution in [0.25, 0.3) is 0 Å². The Bertz CT molecular complexity index is 460. The predicted octanol–water partition coefficient (Wildman–Crippen LogP) is 1.78. The van der Waals surface area contributed by atoms with Crippen molar-refractivity contribution in [1.82, 2.24) is 5.32 Å². The van der Waals surface area contributed by atoms with Crippen molar-refractivity contribution in [1.29, 1.82) is 5.26 Å². The van der Waals surface area contributed by atoms with Crippen LogP contribution in [0.5, 0.6) is 0 Å².